The lowest BCUT2D eigenvalue weighted by atomic mass is 10.2. The second-order valence-corrected chi connectivity index (χ2v) is 10.2. The van der Waals surface area contributed by atoms with E-state index in [2.05, 4.69) is 25.2 Å². The van der Waals surface area contributed by atoms with Gasteiger partial charge in [-0.1, -0.05) is 0 Å². The molecule has 1 aliphatic rings. The fourth-order valence-electron chi connectivity index (χ4n) is 3.81. The lowest BCUT2D eigenvalue weighted by Gasteiger charge is -2.32. The summed E-state index contributed by atoms with van der Waals surface area (Å²) in [5.41, 5.74) is 1.19. The number of amides is 2. The smallest absolute Gasteiger partial charge is 0.311 e. The Morgan fingerprint density at radius 1 is 1.02 bits per heavy atom. The SMILES string of the molecule is CCOC(=O)Cc1csc(NC(=O)c2cc(Oc3ccc(C(=O)N4CCN(C)CC4)cn3)nc(OC(C)C)c2)n1. The van der Waals surface area contributed by atoms with E-state index in [1.54, 1.807) is 29.3 Å². The number of pyridine rings is 2. The van der Waals surface area contributed by atoms with Gasteiger partial charge >= 0.3 is 5.97 Å². The summed E-state index contributed by atoms with van der Waals surface area (Å²) < 4.78 is 16.5. The first-order valence-corrected chi connectivity index (χ1v) is 13.8. The maximum atomic E-state index is 13.0. The van der Waals surface area contributed by atoms with Gasteiger partial charge in [0.1, 0.15) is 0 Å². The van der Waals surface area contributed by atoms with Crippen LogP contribution in [0.5, 0.6) is 17.6 Å². The van der Waals surface area contributed by atoms with Gasteiger partial charge in [-0.3, -0.25) is 19.7 Å². The predicted octanol–water partition coefficient (Wildman–Crippen LogP) is 3.26. The van der Waals surface area contributed by atoms with Crippen molar-refractivity contribution in [1.29, 1.82) is 0 Å². The molecule has 0 atom stereocenters. The zero-order chi connectivity index (χ0) is 28.6. The number of aromatic nitrogens is 3. The first-order chi connectivity index (χ1) is 19.2. The largest absolute Gasteiger partial charge is 0.475 e. The molecule has 40 heavy (non-hydrogen) atoms. The first-order valence-electron chi connectivity index (χ1n) is 12.9. The standard InChI is InChI=1S/C27H32N6O6S/c1-5-37-24(34)14-20-16-40-27(29-20)31-25(35)19-12-22(38-17(2)3)30-23(13-19)39-21-7-6-18(15-28-21)26(36)33-10-8-32(4)9-11-33/h6-7,12-13,15-17H,5,8-11,14H2,1-4H3,(H,29,31,35). The Morgan fingerprint density at radius 2 is 1.77 bits per heavy atom. The number of piperazine rings is 1. The predicted molar refractivity (Wildman–Crippen MR) is 148 cm³/mol. The molecule has 0 aliphatic carbocycles. The normalized spacial score (nSPS) is 13.7. The molecule has 0 unspecified atom stereocenters. The number of nitrogens with zero attached hydrogens (tertiary/aromatic N) is 5. The minimum Gasteiger partial charge on any atom is -0.475 e. The highest BCUT2D eigenvalue weighted by atomic mass is 32.1. The van der Waals surface area contributed by atoms with Gasteiger partial charge in [0.2, 0.25) is 17.6 Å². The summed E-state index contributed by atoms with van der Waals surface area (Å²) >= 11 is 1.20. The van der Waals surface area contributed by atoms with Gasteiger partial charge < -0.3 is 24.0 Å². The summed E-state index contributed by atoms with van der Waals surface area (Å²) in [5.74, 6) is -0.428. The van der Waals surface area contributed by atoms with Crippen LogP contribution in [0.2, 0.25) is 0 Å². The van der Waals surface area contributed by atoms with E-state index in [9.17, 15) is 14.4 Å². The molecule has 0 spiro atoms. The number of nitrogens with one attached hydrogen (secondary N) is 1. The number of ether oxygens (including phenoxy) is 3. The zero-order valence-corrected chi connectivity index (χ0v) is 23.7. The highest BCUT2D eigenvalue weighted by Gasteiger charge is 2.21. The number of esters is 1. The van der Waals surface area contributed by atoms with Crippen LogP contribution in [-0.4, -0.2) is 88.5 Å². The van der Waals surface area contributed by atoms with Crippen molar-refractivity contribution >= 4 is 34.3 Å². The number of carbonyl (C=O) groups is 3. The van der Waals surface area contributed by atoms with Crippen LogP contribution >= 0.6 is 11.3 Å². The molecule has 0 aromatic carbocycles. The molecule has 1 aliphatic heterocycles. The molecule has 4 heterocycles. The van der Waals surface area contributed by atoms with Gasteiger partial charge in [0.05, 0.1) is 36.0 Å². The molecule has 0 bridgehead atoms. The van der Waals surface area contributed by atoms with Crippen LogP contribution in [0.4, 0.5) is 5.13 Å². The lowest BCUT2D eigenvalue weighted by Crippen LogP contribution is -2.47. The molecule has 2 amide bonds. The van der Waals surface area contributed by atoms with Crippen molar-refractivity contribution in [2.45, 2.75) is 33.3 Å². The third-order valence-corrected chi connectivity index (χ3v) is 6.59. The summed E-state index contributed by atoms with van der Waals surface area (Å²) in [6, 6.07) is 6.20. The molecule has 0 saturated carbocycles. The zero-order valence-electron chi connectivity index (χ0n) is 22.9. The van der Waals surface area contributed by atoms with E-state index in [1.165, 1.54) is 29.7 Å². The van der Waals surface area contributed by atoms with Gasteiger partial charge in [-0.05, 0) is 33.9 Å². The minimum absolute atomic E-state index is 0.0204. The monoisotopic (exact) mass is 568 g/mol. The van der Waals surface area contributed by atoms with Gasteiger partial charge in [-0.25, -0.2) is 9.97 Å². The van der Waals surface area contributed by atoms with Gasteiger partial charge in [0, 0.05) is 56.0 Å². The van der Waals surface area contributed by atoms with Crippen LogP contribution in [0.3, 0.4) is 0 Å². The average Bonchev–Trinajstić information content (AvgIpc) is 3.35. The number of carbonyl (C=O) groups excluding carboxylic acids is 3. The third kappa shape index (κ3) is 7.96. The molecule has 4 rings (SSSR count). The topological polar surface area (TPSA) is 136 Å². The molecule has 212 valence electrons. The summed E-state index contributed by atoms with van der Waals surface area (Å²) in [6.45, 7) is 8.68. The fraction of sp³-hybridized carbons (Fsp3) is 0.407. The van der Waals surface area contributed by atoms with Crippen LogP contribution in [0.15, 0.2) is 35.8 Å². The van der Waals surface area contributed by atoms with Crippen molar-refractivity contribution in [1.82, 2.24) is 24.8 Å². The van der Waals surface area contributed by atoms with Gasteiger partial charge in [-0.2, -0.15) is 4.98 Å². The highest BCUT2D eigenvalue weighted by Crippen LogP contribution is 2.25. The Balaban J connectivity index is 1.46. The number of rotatable bonds is 10. The van der Waals surface area contributed by atoms with E-state index >= 15 is 0 Å². The summed E-state index contributed by atoms with van der Waals surface area (Å²) in [4.78, 5) is 54.4. The van der Waals surface area contributed by atoms with E-state index in [4.69, 9.17) is 14.2 Å². The highest BCUT2D eigenvalue weighted by molar-refractivity contribution is 7.14. The number of anilines is 1. The van der Waals surface area contributed by atoms with Crippen LogP contribution in [0.1, 0.15) is 47.2 Å². The first kappa shape index (κ1) is 28.9. The number of hydrogen-bond donors (Lipinski definition) is 1. The van der Waals surface area contributed by atoms with E-state index in [-0.39, 0.29) is 54.2 Å². The maximum Gasteiger partial charge on any atom is 0.311 e. The van der Waals surface area contributed by atoms with Crippen molar-refractivity contribution in [2.75, 3.05) is 45.2 Å². The molecule has 1 fully saturated rings. The summed E-state index contributed by atoms with van der Waals surface area (Å²) in [5, 5.41) is 4.74. The lowest BCUT2D eigenvalue weighted by molar-refractivity contribution is -0.142. The Hall–Kier alpha value is -4.10. The molecule has 1 saturated heterocycles. The van der Waals surface area contributed by atoms with Crippen molar-refractivity contribution in [3.8, 4) is 17.6 Å². The Bertz CT molecular complexity index is 1340. The van der Waals surface area contributed by atoms with Crippen molar-refractivity contribution < 1.29 is 28.6 Å². The second kappa shape index (κ2) is 13.3. The van der Waals surface area contributed by atoms with Crippen LogP contribution < -0.4 is 14.8 Å². The van der Waals surface area contributed by atoms with Crippen LogP contribution in [0.25, 0.3) is 0 Å². The van der Waals surface area contributed by atoms with Gasteiger partial charge in [0.25, 0.3) is 11.8 Å². The average molecular weight is 569 g/mol. The third-order valence-electron chi connectivity index (χ3n) is 5.78. The molecular formula is C27H32N6O6S. The number of hydrogen-bond acceptors (Lipinski definition) is 11. The molecule has 3 aromatic heterocycles. The van der Waals surface area contributed by atoms with Gasteiger partial charge in [-0.15, -0.1) is 11.3 Å². The Labute approximate surface area is 236 Å². The summed E-state index contributed by atoms with van der Waals surface area (Å²) in [6.07, 6.45) is 1.29. The summed E-state index contributed by atoms with van der Waals surface area (Å²) in [7, 11) is 2.03. The van der Waals surface area contributed by atoms with Crippen LogP contribution in [0, 0.1) is 0 Å². The second-order valence-electron chi connectivity index (χ2n) is 9.36. The van der Waals surface area contributed by atoms with Crippen LogP contribution in [-0.2, 0) is 16.0 Å². The van der Waals surface area contributed by atoms with Gasteiger partial charge in [0.15, 0.2) is 5.13 Å². The van der Waals surface area contributed by atoms with E-state index in [0.717, 1.165) is 13.1 Å². The minimum atomic E-state index is -0.459. The quantitative estimate of drug-likeness (QED) is 0.363. The molecule has 1 N–H and O–H groups in total. The van der Waals surface area contributed by atoms with Crippen molar-refractivity contribution in [2.24, 2.45) is 0 Å². The number of thiazole rings is 1. The van der Waals surface area contributed by atoms with E-state index in [0.29, 0.717) is 29.5 Å². The Morgan fingerprint density at radius 3 is 2.45 bits per heavy atom. The van der Waals surface area contributed by atoms with Crippen molar-refractivity contribution in [3.05, 3.63) is 52.7 Å². The molecule has 12 nitrogen and oxygen atoms in total. The van der Waals surface area contributed by atoms with Crippen molar-refractivity contribution in [3.63, 3.8) is 0 Å². The molecule has 0 radical (unpaired) electrons. The Kier molecular flexibility index (Phi) is 9.61. The maximum absolute atomic E-state index is 13.0. The fourth-order valence-corrected chi connectivity index (χ4v) is 4.51. The molecular weight excluding hydrogens is 536 g/mol. The van der Waals surface area contributed by atoms with E-state index < -0.39 is 5.91 Å². The van der Waals surface area contributed by atoms with E-state index in [1.807, 2.05) is 20.9 Å². The number of likely N-dealkylation sites (N-methyl/N-ethyl adjacent to an activating group) is 1. The molecule has 13 heteroatoms. The molecule has 3 aromatic rings.